The van der Waals surface area contributed by atoms with Crippen molar-refractivity contribution in [1.82, 2.24) is 0 Å². The summed E-state index contributed by atoms with van der Waals surface area (Å²) < 4.78 is 11.1. The molecule has 0 atom stereocenters. The fourth-order valence-electron chi connectivity index (χ4n) is 1.27. The SMILES string of the molecule is CCC1(CC)OCC(N)CO1. The third kappa shape index (κ3) is 1.92. The summed E-state index contributed by atoms with van der Waals surface area (Å²) in [5.41, 5.74) is 5.62. The summed E-state index contributed by atoms with van der Waals surface area (Å²) in [5.74, 6) is -0.337. The van der Waals surface area contributed by atoms with Crippen LogP contribution >= 0.6 is 0 Å². The third-order valence-electron chi connectivity index (χ3n) is 2.20. The minimum atomic E-state index is -0.337. The third-order valence-corrected chi connectivity index (χ3v) is 2.20. The monoisotopic (exact) mass is 159 g/mol. The molecular weight excluding hydrogens is 142 g/mol. The summed E-state index contributed by atoms with van der Waals surface area (Å²) in [5, 5.41) is 0. The van der Waals surface area contributed by atoms with Gasteiger partial charge in [0.15, 0.2) is 5.79 Å². The van der Waals surface area contributed by atoms with Crippen LogP contribution in [-0.4, -0.2) is 25.0 Å². The van der Waals surface area contributed by atoms with Gasteiger partial charge < -0.3 is 15.2 Å². The lowest BCUT2D eigenvalue weighted by Gasteiger charge is -2.38. The molecule has 2 N–H and O–H groups in total. The van der Waals surface area contributed by atoms with Crippen LogP contribution in [0.5, 0.6) is 0 Å². The lowest BCUT2D eigenvalue weighted by Crippen LogP contribution is -2.48. The normalized spacial score (nSPS) is 25.4. The highest BCUT2D eigenvalue weighted by Crippen LogP contribution is 2.25. The summed E-state index contributed by atoms with van der Waals surface area (Å²) in [6.07, 6.45) is 1.80. The number of ether oxygens (including phenoxy) is 2. The van der Waals surface area contributed by atoms with Crippen LogP contribution in [-0.2, 0) is 9.47 Å². The van der Waals surface area contributed by atoms with Gasteiger partial charge in [0.05, 0.1) is 19.3 Å². The molecule has 0 aromatic rings. The Morgan fingerprint density at radius 3 is 2.09 bits per heavy atom. The van der Waals surface area contributed by atoms with Crippen molar-refractivity contribution < 1.29 is 9.47 Å². The Balaban J connectivity index is 2.45. The van der Waals surface area contributed by atoms with E-state index in [1.165, 1.54) is 0 Å². The van der Waals surface area contributed by atoms with Crippen LogP contribution in [0.2, 0.25) is 0 Å². The summed E-state index contributed by atoms with van der Waals surface area (Å²) in [6.45, 7) is 5.39. The highest BCUT2D eigenvalue weighted by Gasteiger charge is 2.32. The van der Waals surface area contributed by atoms with Crippen LogP contribution in [0.1, 0.15) is 26.7 Å². The van der Waals surface area contributed by atoms with Gasteiger partial charge >= 0.3 is 0 Å². The quantitative estimate of drug-likeness (QED) is 0.650. The molecule has 0 bridgehead atoms. The zero-order valence-corrected chi connectivity index (χ0v) is 7.30. The molecule has 0 unspecified atom stereocenters. The molecule has 1 saturated heterocycles. The van der Waals surface area contributed by atoms with Gasteiger partial charge in [-0.05, 0) is 12.8 Å². The van der Waals surface area contributed by atoms with E-state index in [-0.39, 0.29) is 11.8 Å². The summed E-state index contributed by atoms with van der Waals surface area (Å²) in [7, 11) is 0. The van der Waals surface area contributed by atoms with Crippen LogP contribution in [0, 0.1) is 0 Å². The van der Waals surface area contributed by atoms with Gasteiger partial charge in [0.25, 0.3) is 0 Å². The Hall–Kier alpha value is -0.120. The lowest BCUT2D eigenvalue weighted by molar-refractivity contribution is -0.274. The number of nitrogens with two attached hydrogens (primary N) is 1. The van der Waals surface area contributed by atoms with E-state index in [1.807, 2.05) is 0 Å². The van der Waals surface area contributed by atoms with Crippen molar-refractivity contribution >= 4 is 0 Å². The first-order valence-electron chi connectivity index (χ1n) is 4.26. The van der Waals surface area contributed by atoms with E-state index in [4.69, 9.17) is 15.2 Å². The summed E-state index contributed by atoms with van der Waals surface area (Å²) in [6, 6.07) is 0.0567. The molecule has 0 aromatic heterocycles. The van der Waals surface area contributed by atoms with Crippen molar-refractivity contribution in [3.05, 3.63) is 0 Å². The molecule has 0 radical (unpaired) electrons. The average molecular weight is 159 g/mol. The van der Waals surface area contributed by atoms with Crippen molar-refractivity contribution in [1.29, 1.82) is 0 Å². The molecule has 1 fully saturated rings. The topological polar surface area (TPSA) is 44.5 Å². The Labute approximate surface area is 67.9 Å². The van der Waals surface area contributed by atoms with Crippen LogP contribution in [0.3, 0.4) is 0 Å². The van der Waals surface area contributed by atoms with Crippen molar-refractivity contribution in [3.8, 4) is 0 Å². The van der Waals surface area contributed by atoms with E-state index < -0.39 is 0 Å². The second kappa shape index (κ2) is 3.52. The predicted molar refractivity (Wildman–Crippen MR) is 43.2 cm³/mol. The van der Waals surface area contributed by atoms with Crippen molar-refractivity contribution in [2.75, 3.05) is 13.2 Å². The molecule has 1 aliphatic rings. The molecule has 1 rings (SSSR count). The first-order valence-corrected chi connectivity index (χ1v) is 4.26. The largest absolute Gasteiger partial charge is 0.348 e. The van der Waals surface area contributed by atoms with E-state index in [0.717, 1.165) is 12.8 Å². The van der Waals surface area contributed by atoms with Gasteiger partial charge in [-0.1, -0.05) is 13.8 Å². The minimum Gasteiger partial charge on any atom is -0.348 e. The molecule has 3 heteroatoms. The van der Waals surface area contributed by atoms with E-state index in [2.05, 4.69) is 13.8 Å². The molecule has 0 aliphatic carbocycles. The first-order chi connectivity index (χ1) is 5.22. The molecule has 0 saturated carbocycles. The Bertz CT molecular complexity index is 113. The standard InChI is InChI=1S/C8H17NO2/c1-3-8(4-2)10-5-7(9)6-11-8/h7H,3-6,9H2,1-2H3. The highest BCUT2D eigenvalue weighted by atomic mass is 16.7. The first kappa shape index (κ1) is 8.97. The van der Waals surface area contributed by atoms with Crippen LogP contribution < -0.4 is 5.73 Å². The molecular formula is C8H17NO2. The molecule has 1 heterocycles. The zero-order valence-electron chi connectivity index (χ0n) is 7.30. The van der Waals surface area contributed by atoms with Crippen LogP contribution in [0.25, 0.3) is 0 Å². The van der Waals surface area contributed by atoms with Crippen molar-refractivity contribution in [2.45, 2.75) is 38.5 Å². The van der Waals surface area contributed by atoms with Gasteiger partial charge in [-0.15, -0.1) is 0 Å². The van der Waals surface area contributed by atoms with Crippen LogP contribution in [0.15, 0.2) is 0 Å². The maximum atomic E-state index is 5.62. The van der Waals surface area contributed by atoms with Gasteiger partial charge in [-0.25, -0.2) is 0 Å². The van der Waals surface area contributed by atoms with E-state index >= 15 is 0 Å². The maximum absolute atomic E-state index is 5.62. The Kier molecular flexibility index (Phi) is 2.87. The molecule has 0 spiro atoms. The smallest absolute Gasteiger partial charge is 0.167 e. The molecule has 0 aromatic carbocycles. The second-order valence-electron chi connectivity index (χ2n) is 3.00. The number of hydrogen-bond acceptors (Lipinski definition) is 3. The van der Waals surface area contributed by atoms with E-state index in [0.29, 0.717) is 13.2 Å². The zero-order chi connectivity index (χ0) is 8.32. The van der Waals surface area contributed by atoms with Gasteiger partial charge in [0, 0.05) is 0 Å². The summed E-state index contributed by atoms with van der Waals surface area (Å²) >= 11 is 0. The van der Waals surface area contributed by atoms with E-state index in [1.54, 1.807) is 0 Å². The molecule has 11 heavy (non-hydrogen) atoms. The number of rotatable bonds is 2. The van der Waals surface area contributed by atoms with Gasteiger partial charge in [-0.2, -0.15) is 0 Å². The Morgan fingerprint density at radius 2 is 1.73 bits per heavy atom. The number of hydrogen-bond donors (Lipinski definition) is 1. The van der Waals surface area contributed by atoms with Gasteiger partial charge in [0.2, 0.25) is 0 Å². The Morgan fingerprint density at radius 1 is 1.27 bits per heavy atom. The van der Waals surface area contributed by atoms with Gasteiger partial charge in [0.1, 0.15) is 0 Å². The van der Waals surface area contributed by atoms with Crippen molar-refractivity contribution in [3.63, 3.8) is 0 Å². The summed E-state index contributed by atoms with van der Waals surface area (Å²) in [4.78, 5) is 0. The fraction of sp³-hybridized carbons (Fsp3) is 1.00. The molecule has 66 valence electrons. The van der Waals surface area contributed by atoms with Gasteiger partial charge in [-0.3, -0.25) is 0 Å². The molecule has 1 aliphatic heterocycles. The highest BCUT2D eigenvalue weighted by molar-refractivity contribution is 4.74. The molecule has 3 nitrogen and oxygen atoms in total. The predicted octanol–water partition coefficient (Wildman–Crippen LogP) is 0.877. The minimum absolute atomic E-state index is 0.0567. The van der Waals surface area contributed by atoms with E-state index in [9.17, 15) is 0 Å². The maximum Gasteiger partial charge on any atom is 0.167 e. The van der Waals surface area contributed by atoms with Crippen molar-refractivity contribution in [2.24, 2.45) is 5.73 Å². The molecule has 0 amide bonds. The second-order valence-corrected chi connectivity index (χ2v) is 3.00. The van der Waals surface area contributed by atoms with Crippen LogP contribution in [0.4, 0.5) is 0 Å². The lowest BCUT2D eigenvalue weighted by atomic mass is 10.1. The fourth-order valence-corrected chi connectivity index (χ4v) is 1.27. The average Bonchev–Trinajstić information content (AvgIpc) is 2.07.